The van der Waals surface area contributed by atoms with Crippen LogP contribution in [-0.2, 0) is 0 Å². The first kappa shape index (κ1) is 15.6. The topological polar surface area (TPSA) is 38.0 Å². The smallest absolute Gasteiger partial charge is 0.0758 e. The second-order valence-corrected chi connectivity index (χ2v) is 7.95. The largest absolute Gasteiger partial charge is 0.271 e. The van der Waals surface area contributed by atoms with Crippen LogP contribution in [0.2, 0.25) is 0 Å². The fourth-order valence-electron chi connectivity index (χ4n) is 1.87. The molecule has 1 heterocycles. The third-order valence-corrected chi connectivity index (χ3v) is 5.24. The maximum Gasteiger partial charge on any atom is 0.0758 e. The lowest BCUT2D eigenvalue weighted by molar-refractivity contribution is 0.479. The average Bonchev–Trinajstić information content (AvgIpc) is 2.63. The van der Waals surface area contributed by atoms with E-state index in [0.717, 1.165) is 10.2 Å². The first-order valence-electron chi connectivity index (χ1n) is 6.09. The Bertz CT molecular complexity index is 328. The Kier molecular flexibility index (Phi) is 7.95. The Labute approximate surface area is 125 Å². The highest BCUT2D eigenvalue weighted by Crippen LogP contribution is 2.36. The third kappa shape index (κ3) is 5.39. The van der Waals surface area contributed by atoms with Crippen molar-refractivity contribution >= 4 is 43.2 Å². The van der Waals surface area contributed by atoms with Gasteiger partial charge in [0.1, 0.15) is 0 Å². The number of halogens is 2. The summed E-state index contributed by atoms with van der Waals surface area (Å²) < 4.78 is 2.31. The van der Waals surface area contributed by atoms with Gasteiger partial charge in [0, 0.05) is 6.04 Å². The molecule has 2 nitrogen and oxygen atoms in total. The highest BCUT2D eigenvalue weighted by molar-refractivity contribution is 9.12. The summed E-state index contributed by atoms with van der Waals surface area (Å²) in [6.45, 7) is 2.24. The van der Waals surface area contributed by atoms with Crippen LogP contribution in [0.3, 0.4) is 0 Å². The molecular weight excluding hydrogens is 364 g/mol. The predicted molar refractivity (Wildman–Crippen MR) is 83.2 cm³/mol. The normalized spacial score (nSPS) is 12.9. The quantitative estimate of drug-likeness (QED) is 0.370. The van der Waals surface area contributed by atoms with Gasteiger partial charge in [0.25, 0.3) is 0 Å². The van der Waals surface area contributed by atoms with Gasteiger partial charge in [-0.1, -0.05) is 39.0 Å². The summed E-state index contributed by atoms with van der Waals surface area (Å²) in [4.78, 5) is 0. The number of hydrazine groups is 1. The van der Waals surface area contributed by atoms with Crippen LogP contribution < -0.4 is 11.3 Å². The molecule has 3 N–H and O–H groups in total. The van der Waals surface area contributed by atoms with Crippen LogP contribution in [0.1, 0.15) is 57.1 Å². The van der Waals surface area contributed by atoms with Gasteiger partial charge in [0.2, 0.25) is 0 Å². The zero-order valence-corrected chi connectivity index (χ0v) is 14.1. The molecule has 0 aliphatic heterocycles. The molecule has 1 aromatic heterocycles. The summed E-state index contributed by atoms with van der Waals surface area (Å²) in [5.41, 5.74) is 4.18. The molecule has 1 rings (SSSR count). The molecule has 98 valence electrons. The van der Waals surface area contributed by atoms with Gasteiger partial charge in [-0.15, -0.1) is 11.3 Å². The van der Waals surface area contributed by atoms with Crippen LogP contribution in [0.4, 0.5) is 0 Å². The SMILES string of the molecule is CCCCCCCC(NN)c1cc(Br)sc1Br. The molecule has 1 aromatic rings. The molecule has 1 atom stereocenters. The molecule has 0 aromatic carbocycles. The Morgan fingerprint density at radius 3 is 2.53 bits per heavy atom. The maximum absolute atomic E-state index is 5.64. The molecule has 0 spiro atoms. The minimum Gasteiger partial charge on any atom is -0.271 e. The van der Waals surface area contributed by atoms with Crippen molar-refractivity contribution in [2.75, 3.05) is 0 Å². The van der Waals surface area contributed by atoms with Crippen molar-refractivity contribution in [3.63, 3.8) is 0 Å². The number of hydrogen-bond acceptors (Lipinski definition) is 3. The Morgan fingerprint density at radius 1 is 1.29 bits per heavy atom. The van der Waals surface area contributed by atoms with Crippen LogP contribution in [-0.4, -0.2) is 0 Å². The number of rotatable bonds is 8. The third-order valence-electron chi connectivity index (χ3n) is 2.86. The fourth-order valence-corrected chi connectivity index (χ4v) is 4.85. The van der Waals surface area contributed by atoms with Gasteiger partial charge in [-0.2, -0.15) is 0 Å². The number of nitrogens with one attached hydrogen (secondary N) is 1. The van der Waals surface area contributed by atoms with Crippen molar-refractivity contribution in [2.24, 2.45) is 5.84 Å². The predicted octanol–water partition coefficient (Wildman–Crippen LogP) is 5.14. The number of nitrogens with two attached hydrogens (primary N) is 1. The standard InChI is InChI=1S/C12H20Br2N2S/c1-2-3-4-5-6-7-10(16-15)9-8-11(13)17-12(9)14/h8,10,16H,2-7,15H2,1H3. The Hall–Kier alpha value is 0.580. The fraction of sp³-hybridized carbons (Fsp3) is 0.667. The number of thiophene rings is 1. The number of hydrogen-bond donors (Lipinski definition) is 2. The molecule has 0 radical (unpaired) electrons. The lowest BCUT2D eigenvalue weighted by atomic mass is 10.0. The lowest BCUT2D eigenvalue weighted by Gasteiger charge is -2.15. The van der Waals surface area contributed by atoms with Crippen molar-refractivity contribution in [1.82, 2.24) is 5.43 Å². The van der Waals surface area contributed by atoms with Crippen molar-refractivity contribution in [1.29, 1.82) is 0 Å². The van der Waals surface area contributed by atoms with Crippen molar-refractivity contribution in [3.05, 3.63) is 19.2 Å². The molecular formula is C12H20Br2N2S. The molecule has 0 bridgehead atoms. The van der Waals surface area contributed by atoms with Crippen LogP contribution >= 0.6 is 43.2 Å². The van der Waals surface area contributed by atoms with Gasteiger partial charge in [0.05, 0.1) is 7.57 Å². The molecule has 0 saturated carbocycles. The second-order valence-electron chi connectivity index (χ2n) is 4.20. The summed E-state index contributed by atoms with van der Waals surface area (Å²) in [6, 6.07) is 2.40. The van der Waals surface area contributed by atoms with Crippen LogP contribution in [0.15, 0.2) is 13.6 Å². The van der Waals surface area contributed by atoms with Gasteiger partial charge in [0.15, 0.2) is 0 Å². The van der Waals surface area contributed by atoms with E-state index < -0.39 is 0 Å². The van der Waals surface area contributed by atoms with E-state index in [1.807, 2.05) is 0 Å². The molecule has 0 amide bonds. The van der Waals surface area contributed by atoms with Crippen molar-refractivity contribution in [3.8, 4) is 0 Å². The van der Waals surface area contributed by atoms with E-state index in [2.05, 4.69) is 50.3 Å². The second kappa shape index (κ2) is 8.64. The summed E-state index contributed by atoms with van der Waals surface area (Å²) >= 11 is 8.79. The molecule has 17 heavy (non-hydrogen) atoms. The van der Waals surface area contributed by atoms with Gasteiger partial charge in [-0.3, -0.25) is 11.3 Å². The van der Waals surface area contributed by atoms with Gasteiger partial charge in [-0.25, -0.2) is 0 Å². The molecule has 0 aliphatic carbocycles. The van der Waals surface area contributed by atoms with E-state index in [1.54, 1.807) is 11.3 Å². The first-order valence-corrected chi connectivity index (χ1v) is 8.50. The molecule has 0 fully saturated rings. The highest BCUT2D eigenvalue weighted by atomic mass is 79.9. The average molecular weight is 384 g/mol. The van der Waals surface area contributed by atoms with E-state index in [9.17, 15) is 0 Å². The highest BCUT2D eigenvalue weighted by Gasteiger charge is 2.15. The van der Waals surface area contributed by atoms with E-state index >= 15 is 0 Å². The van der Waals surface area contributed by atoms with E-state index in [4.69, 9.17) is 5.84 Å². The first-order chi connectivity index (χ1) is 8.19. The Balaban J connectivity index is 2.40. The van der Waals surface area contributed by atoms with Crippen molar-refractivity contribution < 1.29 is 0 Å². The zero-order valence-electron chi connectivity index (χ0n) is 10.1. The van der Waals surface area contributed by atoms with Crippen LogP contribution in [0, 0.1) is 0 Å². The summed E-state index contributed by atoms with van der Waals surface area (Å²) in [6.07, 6.45) is 7.60. The number of unbranched alkanes of at least 4 members (excludes halogenated alkanes) is 4. The molecule has 0 aliphatic rings. The minimum absolute atomic E-state index is 0.258. The maximum atomic E-state index is 5.64. The molecule has 0 saturated heterocycles. The van der Waals surface area contributed by atoms with Crippen molar-refractivity contribution in [2.45, 2.75) is 51.5 Å². The zero-order chi connectivity index (χ0) is 12.7. The van der Waals surface area contributed by atoms with E-state index in [1.165, 1.54) is 41.5 Å². The van der Waals surface area contributed by atoms with Gasteiger partial charge < -0.3 is 0 Å². The summed E-state index contributed by atoms with van der Waals surface area (Å²) in [5, 5.41) is 0. The molecule has 1 unspecified atom stereocenters. The Morgan fingerprint density at radius 2 is 2.00 bits per heavy atom. The minimum atomic E-state index is 0.258. The van der Waals surface area contributed by atoms with Crippen LogP contribution in [0.5, 0.6) is 0 Å². The van der Waals surface area contributed by atoms with Gasteiger partial charge >= 0.3 is 0 Å². The summed E-state index contributed by atoms with van der Waals surface area (Å²) in [7, 11) is 0. The summed E-state index contributed by atoms with van der Waals surface area (Å²) in [5.74, 6) is 5.64. The van der Waals surface area contributed by atoms with E-state index in [0.29, 0.717) is 0 Å². The monoisotopic (exact) mass is 382 g/mol. The van der Waals surface area contributed by atoms with Crippen LogP contribution in [0.25, 0.3) is 0 Å². The van der Waals surface area contributed by atoms with Gasteiger partial charge in [-0.05, 0) is 49.9 Å². The molecule has 5 heteroatoms. The lowest BCUT2D eigenvalue weighted by Crippen LogP contribution is -2.27. The van der Waals surface area contributed by atoms with E-state index in [-0.39, 0.29) is 6.04 Å².